The lowest BCUT2D eigenvalue weighted by Gasteiger charge is -2.15. The number of carbonyl (C=O) groups is 2. The molecular weight excluding hydrogens is 260 g/mol. The number of carbonyl (C=O) groups excluding carboxylic acids is 2. The van der Waals surface area contributed by atoms with E-state index in [0.29, 0.717) is 0 Å². The normalized spacial score (nSPS) is 11.0. The van der Waals surface area contributed by atoms with Crippen molar-refractivity contribution < 1.29 is 19.1 Å². The molecule has 20 heavy (non-hydrogen) atoms. The van der Waals surface area contributed by atoms with Crippen LogP contribution in [0.5, 0.6) is 0 Å². The van der Waals surface area contributed by atoms with Gasteiger partial charge >= 0.3 is 12.1 Å². The number of alkyl carbamates (subject to hydrolysis) is 1. The minimum atomic E-state index is -0.872. The van der Waals surface area contributed by atoms with E-state index in [1.807, 2.05) is 36.4 Å². The first-order chi connectivity index (χ1) is 9.67. The Bertz CT molecular complexity index is 482. The Morgan fingerprint density at radius 2 is 2.05 bits per heavy atom. The lowest BCUT2D eigenvalue weighted by atomic mass is 10.2. The van der Waals surface area contributed by atoms with E-state index in [0.717, 1.165) is 5.56 Å². The molecule has 0 saturated carbocycles. The lowest BCUT2D eigenvalue weighted by molar-refractivity contribution is -0.143. The summed E-state index contributed by atoms with van der Waals surface area (Å²) in [6.45, 7) is 0.110. The molecule has 0 aromatic heterocycles. The van der Waals surface area contributed by atoms with Gasteiger partial charge in [0.05, 0.1) is 13.2 Å². The number of ether oxygens (including phenoxy) is 2. The smallest absolute Gasteiger partial charge is 0.408 e. The van der Waals surface area contributed by atoms with Crippen LogP contribution in [-0.2, 0) is 20.9 Å². The molecule has 0 aliphatic rings. The van der Waals surface area contributed by atoms with Crippen molar-refractivity contribution in [3.05, 3.63) is 35.9 Å². The molecule has 1 atom stereocenters. The largest absolute Gasteiger partial charge is 0.467 e. The van der Waals surface area contributed by atoms with E-state index in [4.69, 9.17) is 10.00 Å². The Balaban J connectivity index is 2.45. The van der Waals surface area contributed by atoms with Gasteiger partial charge in [-0.2, -0.15) is 5.26 Å². The molecule has 0 aliphatic carbocycles. The van der Waals surface area contributed by atoms with E-state index in [1.165, 1.54) is 7.11 Å². The first-order valence-electron chi connectivity index (χ1n) is 6.09. The predicted octanol–water partition coefficient (Wildman–Crippen LogP) is 1.76. The maximum Gasteiger partial charge on any atom is 0.408 e. The van der Waals surface area contributed by atoms with Crippen molar-refractivity contribution in [2.45, 2.75) is 25.5 Å². The Morgan fingerprint density at radius 1 is 1.35 bits per heavy atom. The first kappa shape index (κ1) is 15.5. The molecule has 0 bridgehead atoms. The molecule has 0 saturated heterocycles. The standard InChI is InChI=1S/C14H16N2O4/c1-19-13(17)12(8-5-9-15)16-14(18)20-10-11-6-3-2-4-7-11/h2-4,6-7,12H,5,8,10H2,1H3,(H,16,18)/t12-/m0/s1. The van der Waals surface area contributed by atoms with E-state index in [9.17, 15) is 9.59 Å². The summed E-state index contributed by atoms with van der Waals surface area (Å²) < 4.78 is 9.55. The summed E-state index contributed by atoms with van der Waals surface area (Å²) in [7, 11) is 1.22. The molecule has 0 fully saturated rings. The number of nitrogens with zero attached hydrogens (tertiary/aromatic N) is 1. The van der Waals surface area contributed by atoms with Crippen molar-refractivity contribution in [3.63, 3.8) is 0 Å². The quantitative estimate of drug-likeness (QED) is 0.800. The van der Waals surface area contributed by atoms with Crippen LogP contribution in [0.1, 0.15) is 18.4 Å². The highest BCUT2D eigenvalue weighted by molar-refractivity contribution is 5.81. The van der Waals surface area contributed by atoms with Crippen LogP contribution in [0.3, 0.4) is 0 Å². The van der Waals surface area contributed by atoms with Gasteiger partial charge in [-0.25, -0.2) is 9.59 Å². The zero-order valence-electron chi connectivity index (χ0n) is 11.2. The van der Waals surface area contributed by atoms with E-state index in [1.54, 1.807) is 0 Å². The highest BCUT2D eigenvalue weighted by Crippen LogP contribution is 2.03. The Hall–Kier alpha value is -2.55. The van der Waals surface area contributed by atoms with Gasteiger partial charge in [-0.3, -0.25) is 0 Å². The van der Waals surface area contributed by atoms with Crippen molar-refractivity contribution in [2.75, 3.05) is 7.11 Å². The molecule has 1 N–H and O–H groups in total. The van der Waals surface area contributed by atoms with Crippen LogP contribution in [0, 0.1) is 11.3 Å². The maximum absolute atomic E-state index is 11.6. The SMILES string of the molecule is COC(=O)[C@H](CCC#N)NC(=O)OCc1ccccc1. The van der Waals surface area contributed by atoms with Gasteiger partial charge in [0.15, 0.2) is 0 Å². The van der Waals surface area contributed by atoms with Gasteiger partial charge in [0.2, 0.25) is 0 Å². The molecule has 6 nitrogen and oxygen atoms in total. The van der Waals surface area contributed by atoms with Crippen molar-refractivity contribution in [1.29, 1.82) is 5.26 Å². The van der Waals surface area contributed by atoms with Crippen LogP contribution >= 0.6 is 0 Å². The summed E-state index contributed by atoms with van der Waals surface area (Å²) in [5.41, 5.74) is 0.842. The lowest BCUT2D eigenvalue weighted by Crippen LogP contribution is -2.41. The van der Waals surface area contributed by atoms with Crippen LogP contribution in [0.4, 0.5) is 4.79 Å². The van der Waals surface area contributed by atoms with Gasteiger partial charge in [0, 0.05) is 6.42 Å². The van der Waals surface area contributed by atoms with Gasteiger partial charge in [-0.1, -0.05) is 30.3 Å². The van der Waals surface area contributed by atoms with Crippen LogP contribution in [0.15, 0.2) is 30.3 Å². The monoisotopic (exact) mass is 276 g/mol. The first-order valence-corrected chi connectivity index (χ1v) is 6.09. The summed E-state index contributed by atoms with van der Waals surface area (Å²) >= 11 is 0. The zero-order valence-corrected chi connectivity index (χ0v) is 11.2. The second kappa shape index (κ2) is 8.53. The third-order valence-electron chi connectivity index (χ3n) is 2.54. The number of nitriles is 1. The fourth-order valence-corrected chi connectivity index (χ4v) is 1.51. The van der Waals surface area contributed by atoms with Crippen molar-refractivity contribution in [1.82, 2.24) is 5.32 Å². The van der Waals surface area contributed by atoms with Gasteiger partial charge in [-0.15, -0.1) is 0 Å². The molecule has 1 aromatic carbocycles. The molecule has 0 unspecified atom stereocenters. The summed E-state index contributed by atoms with van der Waals surface area (Å²) in [5.74, 6) is -0.600. The fourth-order valence-electron chi connectivity index (χ4n) is 1.51. The second-order valence-corrected chi connectivity index (χ2v) is 3.98. The van der Waals surface area contributed by atoms with E-state index < -0.39 is 18.1 Å². The average molecular weight is 276 g/mol. The minimum absolute atomic E-state index is 0.110. The summed E-state index contributed by atoms with van der Waals surface area (Å²) in [5, 5.41) is 10.9. The maximum atomic E-state index is 11.6. The van der Waals surface area contributed by atoms with E-state index >= 15 is 0 Å². The van der Waals surface area contributed by atoms with E-state index in [2.05, 4.69) is 10.1 Å². The average Bonchev–Trinajstić information content (AvgIpc) is 2.49. The minimum Gasteiger partial charge on any atom is -0.467 e. The van der Waals surface area contributed by atoms with Crippen LogP contribution in [0.2, 0.25) is 0 Å². The third kappa shape index (κ3) is 5.40. The molecule has 6 heteroatoms. The summed E-state index contributed by atoms with van der Waals surface area (Å²) in [6, 6.07) is 10.2. The number of methoxy groups -OCH3 is 1. The molecule has 1 rings (SSSR count). The van der Waals surface area contributed by atoms with Crippen molar-refractivity contribution in [2.24, 2.45) is 0 Å². The number of hydrogen-bond acceptors (Lipinski definition) is 5. The summed E-state index contributed by atoms with van der Waals surface area (Å²) in [4.78, 5) is 23.0. The van der Waals surface area contributed by atoms with Gasteiger partial charge in [-0.05, 0) is 12.0 Å². The number of benzene rings is 1. The van der Waals surface area contributed by atoms with E-state index in [-0.39, 0.29) is 19.4 Å². The molecule has 0 spiro atoms. The summed E-state index contributed by atoms with van der Waals surface area (Å²) in [6.07, 6.45) is -0.398. The Morgan fingerprint density at radius 3 is 2.65 bits per heavy atom. The number of hydrogen-bond donors (Lipinski definition) is 1. The predicted molar refractivity (Wildman–Crippen MR) is 70.4 cm³/mol. The zero-order chi connectivity index (χ0) is 14.8. The van der Waals surface area contributed by atoms with Gasteiger partial charge < -0.3 is 14.8 Å². The number of esters is 1. The third-order valence-corrected chi connectivity index (χ3v) is 2.54. The molecule has 1 amide bonds. The topological polar surface area (TPSA) is 88.4 Å². The van der Waals surface area contributed by atoms with Crippen molar-refractivity contribution in [3.8, 4) is 6.07 Å². The second-order valence-electron chi connectivity index (χ2n) is 3.98. The van der Waals surface area contributed by atoms with Crippen LogP contribution < -0.4 is 5.32 Å². The molecule has 106 valence electrons. The molecular formula is C14H16N2O4. The van der Waals surface area contributed by atoms with Crippen LogP contribution in [-0.4, -0.2) is 25.2 Å². The molecule has 0 aliphatic heterocycles. The Kier molecular flexibility index (Phi) is 6.62. The highest BCUT2D eigenvalue weighted by atomic mass is 16.6. The molecule has 1 aromatic rings. The van der Waals surface area contributed by atoms with Crippen molar-refractivity contribution >= 4 is 12.1 Å². The fraction of sp³-hybridized carbons (Fsp3) is 0.357. The number of nitrogens with one attached hydrogen (secondary N) is 1. The van der Waals surface area contributed by atoms with Gasteiger partial charge in [0.1, 0.15) is 12.6 Å². The van der Waals surface area contributed by atoms with Gasteiger partial charge in [0.25, 0.3) is 0 Å². The molecule has 0 radical (unpaired) electrons. The Labute approximate surface area is 117 Å². The highest BCUT2D eigenvalue weighted by Gasteiger charge is 2.21. The number of rotatable bonds is 6. The molecule has 0 heterocycles. The number of amides is 1. The van der Waals surface area contributed by atoms with Crippen LogP contribution in [0.25, 0.3) is 0 Å².